The summed E-state index contributed by atoms with van der Waals surface area (Å²) in [7, 11) is 3.83. The van der Waals surface area contributed by atoms with Crippen LogP contribution in [0, 0.1) is 0 Å². The van der Waals surface area contributed by atoms with E-state index in [1.165, 1.54) is 12.8 Å². The lowest BCUT2D eigenvalue weighted by molar-refractivity contribution is -0.0355. The van der Waals surface area contributed by atoms with Crippen LogP contribution in [0.2, 0.25) is 5.02 Å². The topological polar surface area (TPSA) is 39.1 Å². The second-order valence-corrected chi connectivity index (χ2v) is 6.35. The molecule has 120 valence electrons. The molecule has 0 aromatic carbocycles. The normalized spacial score (nSPS) is 19.1. The van der Waals surface area contributed by atoms with Crippen molar-refractivity contribution in [2.24, 2.45) is 7.05 Å². The second kappa shape index (κ2) is 7.12. The zero-order chi connectivity index (χ0) is 15.5. The van der Waals surface area contributed by atoms with E-state index < -0.39 is 0 Å². The van der Waals surface area contributed by atoms with Gasteiger partial charge in [-0.25, -0.2) is 0 Å². The van der Waals surface area contributed by atoms with Crippen molar-refractivity contribution < 1.29 is 4.74 Å². The number of rotatable bonds is 7. The highest BCUT2D eigenvalue weighted by Gasteiger charge is 2.41. The van der Waals surface area contributed by atoms with Gasteiger partial charge in [0.1, 0.15) is 0 Å². The van der Waals surface area contributed by atoms with Crippen molar-refractivity contribution in [3.05, 3.63) is 16.4 Å². The summed E-state index contributed by atoms with van der Waals surface area (Å²) in [5, 5.41) is 8.98. The van der Waals surface area contributed by atoms with Gasteiger partial charge in [-0.1, -0.05) is 38.3 Å². The van der Waals surface area contributed by atoms with Crippen LogP contribution in [0.5, 0.6) is 0 Å². The molecule has 21 heavy (non-hydrogen) atoms. The molecule has 1 unspecified atom stereocenters. The largest absolute Gasteiger partial charge is 0.377 e. The van der Waals surface area contributed by atoms with E-state index in [2.05, 4.69) is 24.3 Å². The first-order chi connectivity index (χ1) is 10.1. The molecule has 1 heterocycles. The summed E-state index contributed by atoms with van der Waals surface area (Å²) in [4.78, 5) is 0. The van der Waals surface area contributed by atoms with Crippen LogP contribution in [-0.2, 0) is 24.6 Å². The summed E-state index contributed by atoms with van der Waals surface area (Å²) in [6.45, 7) is 5.17. The molecule has 1 atom stereocenters. The van der Waals surface area contributed by atoms with Gasteiger partial charge in [-0.3, -0.25) is 4.68 Å². The fourth-order valence-electron chi connectivity index (χ4n) is 3.59. The molecule has 0 amide bonds. The summed E-state index contributed by atoms with van der Waals surface area (Å²) >= 11 is 6.52. The van der Waals surface area contributed by atoms with Crippen LogP contribution in [0.4, 0.5) is 0 Å². The van der Waals surface area contributed by atoms with Gasteiger partial charge in [0.15, 0.2) is 0 Å². The highest BCUT2D eigenvalue weighted by atomic mass is 35.5. The number of methoxy groups -OCH3 is 1. The summed E-state index contributed by atoms with van der Waals surface area (Å²) in [6, 6.07) is 0.285. The van der Waals surface area contributed by atoms with Crippen molar-refractivity contribution in [2.45, 2.75) is 64.0 Å². The Hall–Kier alpha value is -0.580. The van der Waals surface area contributed by atoms with Crippen molar-refractivity contribution in [2.75, 3.05) is 13.7 Å². The van der Waals surface area contributed by atoms with Gasteiger partial charge in [-0.2, -0.15) is 5.10 Å². The SMILES string of the molecule is CCNC(Cc1c(Cl)c(CC)nn1C)C1(OC)CCCC1. The Bertz CT molecular complexity index is 466. The highest BCUT2D eigenvalue weighted by molar-refractivity contribution is 6.31. The molecule has 0 bridgehead atoms. The number of hydrogen-bond donors (Lipinski definition) is 1. The number of aryl methyl sites for hydroxylation is 2. The van der Waals surface area contributed by atoms with E-state index in [9.17, 15) is 0 Å². The Morgan fingerprint density at radius 1 is 1.38 bits per heavy atom. The van der Waals surface area contributed by atoms with Crippen molar-refractivity contribution in [1.82, 2.24) is 15.1 Å². The van der Waals surface area contributed by atoms with Crippen LogP contribution < -0.4 is 5.32 Å². The van der Waals surface area contributed by atoms with Crippen LogP contribution in [-0.4, -0.2) is 35.1 Å². The van der Waals surface area contributed by atoms with E-state index in [0.717, 1.165) is 48.6 Å². The van der Waals surface area contributed by atoms with E-state index >= 15 is 0 Å². The van der Waals surface area contributed by atoms with E-state index in [-0.39, 0.29) is 11.6 Å². The molecule has 2 rings (SSSR count). The quantitative estimate of drug-likeness (QED) is 0.840. The Labute approximate surface area is 133 Å². The first kappa shape index (κ1) is 16.8. The second-order valence-electron chi connectivity index (χ2n) is 5.97. The summed E-state index contributed by atoms with van der Waals surface area (Å²) < 4.78 is 7.90. The number of aromatic nitrogens is 2. The van der Waals surface area contributed by atoms with Gasteiger partial charge in [0.2, 0.25) is 0 Å². The summed E-state index contributed by atoms with van der Waals surface area (Å²) in [6.07, 6.45) is 6.47. The molecule has 1 aliphatic carbocycles. The van der Waals surface area contributed by atoms with Crippen LogP contribution in [0.25, 0.3) is 0 Å². The Morgan fingerprint density at radius 3 is 2.52 bits per heavy atom. The lowest BCUT2D eigenvalue weighted by atomic mass is 9.88. The smallest absolute Gasteiger partial charge is 0.0850 e. The average Bonchev–Trinajstić information content (AvgIpc) is 3.07. The standard InChI is InChI=1S/C16H28ClN3O/c1-5-12-15(17)13(20(3)19-12)11-14(18-6-2)16(21-4)9-7-8-10-16/h14,18H,5-11H2,1-4H3. The minimum atomic E-state index is -0.0595. The molecule has 1 aromatic rings. The minimum absolute atomic E-state index is 0.0595. The Balaban J connectivity index is 2.26. The molecular formula is C16H28ClN3O. The number of halogens is 1. The van der Waals surface area contributed by atoms with Crippen molar-refractivity contribution >= 4 is 11.6 Å². The maximum atomic E-state index is 6.52. The predicted molar refractivity (Wildman–Crippen MR) is 87.0 cm³/mol. The van der Waals surface area contributed by atoms with Gasteiger partial charge in [0.05, 0.1) is 22.0 Å². The third-order valence-corrected chi connectivity index (χ3v) is 5.28. The minimum Gasteiger partial charge on any atom is -0.377 e. The molecule has 0 aliphatic heterocycles. The summed E-state index contributed by atoms with van der Waals surface area (Å²) in [5.41, 5.74) is 2.04. The van der Waals surface area contributed by atoms with Crippen LogP contribution in [0.15, 0.2) is 0 Å². The molecule has 1 aromatic heterocycles. The molecule has 1 N–H and O–H groups in total. The molecule has 1 fully saturated rings. The van der Waals surface area contributed by atoms with Crippen LogP contribution in [0.1, 0.15) is 50.9 Å². The lowest BCUT2D eigenvalue weighted by Gasteiger charge is -2.37. The molecular weight excluding hydrogens is 286 g/mol. The van der Waals surface area contributed by atoms with Gasteiger partial charge in [-0.15, -0.1) is 0 Å². The molecule has 0 radical (unpaired) electrons. The monoisotopic (exact) mass is 313 g/mol. The van der Waals surface area contributed by atoms with E-state index in [0.29, 0.717) is 0 Å². The number of nitrogens with one attached hydrogen (secondary N) is 1. The zero-order valence-corrected chi connectivity index (χ0v) is 14.5. The number of ether oxygens (including phenoxy) is 1. The van der Waals surface area contributed by atoms with Gasteiger partial charge < -0.3 is 10.1 Å². The molecule has 5 heteroatoms. The van der Waals surface area contributed by atoms with E-state index in [4.69, 9.17) is 16.3 Å². The molecule has 0 saturated heterocycles. The summed E-state index contributed by atoms with van der Waals surface area (Å²) in [5.74, 6) is 0. The van der Waals surface area contributed by atoms with Crippen molar-refractivity contribution in [3.8, 4) is 0 Å². The third kappa shape index (κ3) is 3.27. The van der Waals surface area contributed by atoms with Gasteiger partial charge in [-0.05, 0) is 25.8 Å². The fraction of sp³-hybridized carbons (Fsp3) is 0.812. The fourth-order valence-corrected chi connectivity index (χ4v) is 3.96. The van der Waals surface area contributed by atoms with Gasteiger partial charge in [0.25, 0.3) is 0 Å². The average molecular weight is 314 g/mol. The molecule has 0 spiro atoms. The van der Waals surface area contributed by atoms with Gasteiger partial charge in [0, 0.05) is 26.6 Å². The number of likely N-dealkylation sites (N-methyl/N-ethyl adjacent to an activating group) is 1. The highest BCUT2D eigenvalue weighted by Crippen LogP contribution is 2.37. The number of nitrogens with zero attached hydrogens (tertiary/aromatic N) is 2. The molecule has 4 nitrogen and oxygen atoms in total. The first-order valence-corrected chi connectivity index (χ1v) is 8.44. The predicted octanol–water partition coefficient (Wildman–Crippen LogP) is 3.12. The molecule has 1 saturated carbocycles. The Morgan fingerprint density at radius 2 is 2.05 bits per heavy atom. The van der Waals surface area contributed by atoms with Crippen molar-refractivity contribution in [3.63, 3.8) is 0 Å². The number of hydrogen-bond acceptors (Lipinski definition) is 3. The van der Waals surface area contributed by atoms with E-state index in [1.807, 2.05) is 18.8 Å². The van der Waals surface area contributed by atoms with Gasteiger partial charge >= 0.3 is 0 Å². The maximum Gasteiger partial charge on any atom is 0.0850 e. The van der Waals surface area contributed by atoms with Crippen LogP contribution in [0.3, 0.4) is 0 Å². The van der Waals surface area contributed by atoms with E-state index in [1.54, 1.807) is 0 Å². The zero-order valence-electron chi connectivity index (χ0n) is 13.7. The third-order valence-electron chi connectivity index (χ3n) is 4.84. The maximum absolute atomic E-state index is 6.52. The lowest BCUT2D eigenvalue weighted by Crippen LogP contribution is -2.52. The Kier molecular flexibility index (Phi) is 5.69. The van der Waals surface area contributed by atoms with Crippen LogP contribution >= 0.6 is 11.6 Å². The van der Waals surface area contributed by atoms with Crippen molar-refractivity contribution in [1.29, 1.82) is 0 Å². The molecule has 1 aliphatic rings. The first-order valence-electron chi connectivity index (χ1n) is 8.06.